The normalized spacial score (nSPS) is 13.2. The first-order valence-electron chi connectivity index (χ1n) is 14.3. The molecule has 3 heteroatoms. The van der Waals surface area contributed by atoms with E-state index in [1.165, 1.54) is 24.8 Å². The minimum absolute atomic E-state index is 0.0340. The highest BCUT2D eigenvalue weighted by molar-refractivity contribution is 5.87. The Bertz CT molecular complexity index is 898. The average molecular weight is 503 g/mol. The van der Waals surface area contributed by atoms with Crippen molar-refractivity contribution in [2.45, 2.75) is 72.8 Å². The number of likely N-dealkylation sites (N-methyl/N-ethyl adjacent to an activating group) is 1. The molecule has 3 aromatic rings. The molecule has 4 rings (SSSR count). The second kappa shape index (κ2) is 19.2. The second-order valence-electron chi connectivity index (χ2n) is 8.84. The van der Waals surface area contributed by atoms with Crippen LogP contribution < -0.4 is 0 Å². The summed E-state index contributed by atoms with van der Waals surface area (Å²) >= 11 is 0. The van der Waals surface area contributed by atoms with E-state index in [0.717, 1.165) is 30.8 Å². The SMILES string of the molecule is CC.CC.CCC.CN(C(=O)C(c1ccccc1)c1ccccc1)[C@H](CN1CCCC1)c1ccccc1. The number of likely N-dealkylation sites (tertiary alicyclic amines) is 1. The molecule has 202 valence electrons. The van der Waals surface area contributed by atoms with Crippen molar-refractivity contribution in [3.8, 4) is 0 Å². The summed E-state index contributed by atoms with van der Waals surface area (Å²) in [5.74, 6) is -0.164. The topological polar surface area (TPSA) is 23.6 Å². The molecule has 1 saturated heterocycles. The third kappa shape index (κ3) is 10.2. The van der Waals surface area contributed by atoms with E-state index < -0.39 is 0 Å². The number of carbonyl (C=O) groups is 1. The van der Waals surface area contributed by atoms with Crippen LogP contribution in [0.2, 0.25) is 0 Å². The lowest BCUT2D eigenvalue weighted by atomic mass is 9.89. The Morgan fingerprint density at radius 1 is 0.703 bits per heavy atom. The average Bonchev–Trinajstić information content (AvgIpc) is 3.49. The van der Waals surface area contributed by atoms with Gasteiger partial charge in [-0.15, -0.1) is 0 Å². The van der Waals surface area contributed by atoms with Crippen molar-refractivity contribution in [2.24, 2.45) is 0 Å². The van der Waals surface area contributed by atoms with Crippen LogP contribution in [0.5, 0.6) is 0 Å². The van der Waals surface area contributed by atoms with Crippen molar-refractivity contribution in [2.75, 3.05) is 26.7 Å². The summed E-state index contributed by atoms with van der Waals surface area (Å²) in [5.41, 5.74) is 3.27. The third-order valence-electron chi connectivity index (χ3n) is 6.14. The summed E-state index contributed by atoms with van der Waals surface area (Å²) in [7, 11) is 1.97. The van der Waals surface area contributed by atoms with Gasteiger partial charge < -0.3 is 9.80 Å². The predicted octanol–water partition coefficient (Wildman–Crippen LogP) is 8.58. The molecular formula is C34H50N2O. The molecule has 1 atom stereocenters. The summed E-state index contributed by atoms with van der Waals surface area (Å²) < 4.78 is 0. The minimum Gasteiger partial charge on any atom is -0.337 e. The first-order valence-corrected chi connectivity index (χ1v) is 14.3. The standard InChI is InChI=1S/C27H30N2O.C3H8.2C2H6/c1-28(25(21-29-19-11-12-20-29)22-13-5-2-6-14-22)27(30)26(23-15-7-3-8-16-23)24-17-9-4-10-18-24;1-3-2;2*1-2/h2-10,13-18,25-26H,11-12,19-21H2,1H3;3H2,1-2H3;2*1-2H3/t25-;;;/m1.../s1. The maximum Gasteiger partial charge on any atom is 0.234 e. The summed E-state index contributed by atoms with van der Waals surface area (Å²) in [4.78, 5) is 18.4. The summed E-state index contributed by atoms with van der Waals surface area (Å²) in [6.45, 7) is 15.4. The molecule has 1 aliphatic rings. The van der Waals surface area contributed by atoms with Gasteiger partial charge in [0.25, 0.3) is 0 Å². The van der Waals surface area contributed by atoms with Crippen molar-refractivity contribution in [3.05, 3.63) is 108 Å². The van der Waals surface area contributed by atoms with Crippen LogP contribution in [0.15, 0.2) is 91.0 Å². The van der Waals surface area contributed by atoms with E-state index >= 15 is 0 Å². The predicted molar refractivity (Wildman–Crippen MR) is 161 cm³/mol. The molecule has 1 amide bonds. The van der Waals surface area contributed by atoms with Crippen LogP contribution in [0.4, 0.5) is 0 Å². The van der Waals surface area contributed by atoms with Gasteiger partial charge in [0, 0.05) is 13.6 Å². The Labute approximate surface area is 227 Å². The fourth-order valence-electron chi connectivity index (χ4n) is 4.46. The fourth-order valence-corrected chi connectivity index (χ4v) is 4.46. The van der Waals surface area contributed by atoms with Crippen molar-refractivity contribution in [1.29, 1.82) is 0 Å². The number of rotatable bonds is 7. The van der Waals surface area contributed by atoms with Gasteiger partial charge in [0.05, 0.1) is 12.0 Å². The lowest BCUT2D eigenvalue weighted by molar-refractivity contribution is -0.133. The molecule has 0 bridgehead atoms. The van der Waals surface area contributed by atoms with Gasteiger partial charge in [-0.05, 0) is 42.6 Å². The van der Waals surface area contributed by atoms with E-state index in [9.17, 15) is 4.79 Å². The quantitative estimate of drug-likeness (QED) is 0.323. The lowest BCUT2D eigenvalue weighted by Crippen LogP contribution is -2.40. The van der Waals surface area contributed by atoms with Crippen molar-refractivity contribution >= 4 is 5.91 Å². The maximum atomic E-state index is 13.9. The Kier molecular flexibility index (Phi) is 16.7. The van der Waals surface area contributed by atoms with Crippen LogP contribution in [0.25, 0.3) is 0 Å². The first kappa shape index (κ1) is 32.1. The zero-order valence-corrected chi connectivity index (χ0v) is 24.4. The molecule has 0 radical (unpaired) electrons. The number of carbonyl (C=O) groups excluding carboxylic acids is 1. The highest BCUT2D eigenvalue weighted by Gasteiger charge is 2.31. The van der Waals surface area contributed by atoms with Crippen LogP contribution in [0, 0.1) is 0 Å². The summed E-state index contributed by atoms with van der Waals surface area (Å²) in [6.07, 6.45) is 3.74. The van der Waals surface area contributed by atoms with Gasteiger partial charge in [0.1, 0.15) is 0 Å². The Balaban J connectivity index is 0.000000894. The van der Waals surface area contributed by atoms with Gasteiger partial charge >= 0.3 is 0 Å². The molecule has 0 aliphatic carbocycles. The van der Waals surface area contributed by atoms with E-state index in [2.05, 4.69) is 67.3 Å². The Hall–Kier alpha value is -2.91. The molecule has 0 N–H and O–H groups in total. The number of hydrogen-bond acceptors (Lipinski definition) is 2. The number of nitrogens with zero attached hydrogens (tertiary/aromatic N) is 2. The molecule has 1 aliphatic heterocycles. The lowest BCUT2D eigenvalue weighted by Gasteiger charge is -2.34. The monoisotopic (exact) mass is 502 g/mol. The summed E-state index contributed by atoms with van der Waals surface area (Å²) in [5, 5.41) is 0. The molecule has 1 fully saturated rings. The third-order valence-corrected chi connectivity index (χ3v) is 6.14. The van der Waals surface area contributed by atoms with E-state index in [-0.39, 0.29) is 17.9 Å². The zero-order valence-electron chi connectivity index (χ0n) is 24.4. The Morgan fingerprint density at radius 3 is 1.43 bits per heavy atom. The van der Waals surface area contributed by atoms with Crippen molar-refractivity contribution in [3.63, 3.8) is 0 Å². The van der Waals surface area contributed by atoms with E-state index in [1.807, 2.05) is 82.1 Å². The smallest absolute Gasteiger partial charge is 0.234 e. The molecule has 0 aromatic heterocycles. The Morgan fingerprint density at radius 2 is 1.05 bits per heavy atom. The molecule has 0 saturated carbocycles. The van der Waals surface area contributed by atoms with Gasteiger partial charge in [-0.1, -0.05) is 139 Å². The molecule has 3 aromatic carbocycles. The highest BCUT2D eigenvalue weighted by Crippen LogP contribution is 2.31. The van der Waals surface area contributed by atoms with Gasteiger partial charge in [-0.2, -0.15) is 0 Å². The van der Waals surface area contributed by atoms with Crippen LogP contribution in [0.3, 0.4) is 0 Å². The summed E-state index contributed by atoms with van der Waals surface area (Å²) in [6, 6.07) is 30.8. The molecule has 0 spiro atoms. The minimum atomic E-state index is -0.304. The van der Waals surface area contributed by atoms with Crippen LogP contribution in [0.1, 0.15) is 89.5 Å². The second-order valence-corrected chi connectivity index (χ2v) is 8.84. The van der Waals surface area contributed by atoms with E-state index in [1.54, 1.807) is 0 Å². The largest absolute Gasteiger partial charge is 0.337 e. The molecule has 37 heavy (non-hydrogen) atoms. The van der Waals surface area contributed by atoms with Crippen LogP contribution in [-0.4, -0.2) is 42.4 Å². The van der Waals surface area contributed by atoms with Gasteiger partial charge in [-0.25, -0.2) is 0 Å². The van der Waals surface area contributed by atoms with E-state index in [4.69, 9.17) is 0 Å². The van der Waals surface area contributed by atoms with Gasteiger partial charge in [0.2, 0.25) is 5.91 Å². The van der Waals surface area contributed by atoms with Gasteiger partial charge in [-0.3, -0.25) is 4.79 Å². The number of hydrogen-bond donors (Lipinski definition) is 0. The van der Waals surface area contributed by atoms with Crippen LogP contribution >= 0.6 is 0 Å². The maximum absolute atomic E-state index is 13.9. The highest BCUT2D eigenvalue weighted by atomic mass is 16.2. The fraction of sp³-hybridized carbons (Fsp3) is 0.441. The number of amides is 1. The molecule has 3 nitrogen and oxygen atoms in total. The van der Waals surface area contributed by atoms with Crippen molar-refractivity contribution < 1.29 is 4.79 Å². The van der Waals surface area contributed by atoms with Crippen LogP contribution in [-0.2, 0) is 4.79 Å². The zero-order chi connectivity index (χ0) is 27.5. The van der Waals surface area contributed by atoms with Gasteiger partial charge in [0.15, 0.2) is 0 Å². The number of benzene rings is 3. The molecule has 1 heterocycles. The molecule has 0 unspecified atom stereocenters. The van der Waals surface area contributed by atoms with E-state index in [0.29, 0.717) is 0 Å². The van der Waals surface area contributed by atoms with Crippen molar-refractivity contribution in [1.82, 2.24) is 9.80 Å². The molecular weight excluding hydrogens is 452 g/mol. The first-order chi connectivity index (χ1) is 18.2.